The summed E-state index contributed by atoms with van der Waals surface area (Å²) in [6.45, 7) is 3.75. The third kappa shape index (κ3) is 2.31. The first-order valence-electron chi connectivity index (χ1n) is 7.93. The number of fused-ring (bicyclic) bond motifs is 4. The summed E-state index contributed by atoms with van der Waals surface area (Å²) in [5.74, 6) is -1.18. The average Bonchev–Trinajstić information content (AvgIpc) is 2.58. The highest BCUT2D eigenvalue weighted by Gasteiger charge is 2.52. The lowest BCUT2D eigenvalue weighted by Gasteiger charge is -2.44. The van der Waals surface area contributed by atoms with Gasteiger partial charge in [0.15, 0.2) is 5.75 Å². The molecule has 1 unspecified atom stereocenters. The predicted octanol–water partition coefficient (Wildman–Crippen LogP) is 4.12. The first kappa shape index (κ1) is 16.0. The maximum Gasteiger partial charge on any atom is 0.282 e. The molecular formula is C19H16ClNO4. The predicted molar refractivity (Wildman–Crippen MR) is 93.9 cm³/mol. The minimum absolute atomic E-state index is 0.0260. The molecule has 0 amide bonds. The van der Waals surface area contributed by atoms with Gasteiger partial charge in [0.25, 0.3) is 5.79 Å². The van der Waals surface area contributed by atoms with Gasteiger partial charge in [0.05, 0.1) is 11.8 Å². The molecule has 2 aliphatic rings. The Kier molecular flexibility index (Phi) is 3.52. The minimum Gasteiger partial charge on any atom is -0.508 e. The topological polar surface area (TPSA) is 67.8 Å². The van der Waals surface area contributed by atoms with Crippen LogP contribution >= 0.6 is 11.6 Å². The Labute approximate surface area is 149 Å². The first-order valence-corrected chi connectivity index (χ1v) is 8.31. The molecule has 0 saturated heterocycles. The number of hydrogen-bond donors (Lipinski definition) is 2. The number of aromatic hydroxyl groups is 1. The zero-order chi connectivity index (χ0) is 17.8. The van der Waals surface area contributed by atoms with Gasteiger partial charge in [-0.25, -0.2) is 0 Å². The van der Waals surface area contributed by atoms with Crippen LogP contribution in [-0.4, -0.2) is 17.0 Å². The zero-order valence-corrected chi connectivity index (χ0v) is 14.4. The molecule has 1 aliphatic carbocycles. The van der Waals surface area contributed by atoms with Crippen molar-refractivity contribution in [3.63, 3.8) is 0 Å². The van der Waals surface area contributed by atoms with Crippen LogP contribution in [0.15, 0.2) is 53.2 Å². The molecular weight excluding hydrogens is 342 g/mol. The SMILES string of the molecule is CC(C)OC12Oc3cc(O)ccc3NC1=C(Cl)C(=O)c1ccccc12. The van der Waals surface area contributed by atoms with E-state index in [1.807, 2.05) is 19.9 Å². The van der Waals surface area contributed by atoms with Crippen molar-refractivity contribution < 1.29 is 19.4 Å². The van der Waals surface area contributed by atoms with E-state index in [0.29, 0.717) is 28.3 Å². The number of phenols is 1. The van der Waals surface area contributed by atoms with E-state index in [1.54, 1.807) is 24.3 Å². The minimum atomic E-state index is -1.38. The normalized spacial score (nSPS) is 21.2. The van der Waals surface area contributed by atoms with Crippen molar-refractivity contribution >= 4 is 23.1 Å². The van der Waals surface area contributed by atoms with E-state index in [1.165, 1.54) is 12.1 Å². The fourth-order valence-electron chi connectivity index (χ4n) is 3.19. The second kappa shape index (κ2) is 5.51. The molecule has 6 heteroatoms. The molecule has 2 aromatic rings. The number of benzene rings is 2. The molecule has 0 saturated carbocycles. The summed E-state index contributed by atoms with van der Waals surface area (Å²) in [6, 6.07) is 11.8. The number of allylic oxidation sites excluding steroid dienone is 1. The number of carbonyl (C=O) groups excluding carboxylic acids is 1. The molecule has 1 heterocycles. The van der Waals surface area contributed by atoms with Crippen LogP contribution in [0.25, 0.3) is 0 Å². The van der Waals surface area contributed by atoms with Crippen LogP contribution in [0, 0.1) is 0 Å². The van der Waals surface area contributed by atoms with Crippen LogP contribution in [0.2, 0.25) is 0 Å². The molecule has 2 aromatic carbocycles. The number of anilines is 1. The number of halogens is 1. The third-order valence-corrected chi connectivity index (χ3v) is 4.52. The van der Waals surface area contributed by atoms with Crippen LogP contribution in [-0.2, 0) is 10.5 Å². The Morgan fingerprint density at radius 3 is 2.76 bits per heavy atom. The average molecular weight is 358 g/mol. The molecule has 0 fully saturated rings. The Morgan fingerprint density at radius 1 is 1.24 bits per heavy atom. The van der Waals surface area contributed by atoms with Gasteiger partial charge in [-0.3, -0.25) is 4.79 Å². The fourth-order valence-corrected chi connectivity index (χ4v) is 3.46. The van der Waals surface area contributed by atoms with Gasteiger partial charge in [-0.05, 0) is 26.0 Å². The molecule has 128 valence electrons. The summed E-state index contributed by atoms with van der Waals surface area (Å²) in [4.78, 5) is 12.7. The van der Waals surface area contributed by atoms with Gasteiger partial charge >= 0.3 is 0 Å². The van der Waals surface area contributed by atoms with Gasteiger partial charge in [0.1, 0.15) is 16.5 Å². The van der Waals surface area contributed by atoms with Gasteiger partial charge < -0.3 is 19.9 Å². The van der Waals surface area contributed by atoms with Gasteiger partial charge in [-0.15, -0.1) is 0 Å². The van der Waals surface area contributed by atoms with Gasteiger partial charge in [0.2, 0.25) is 5.78 Å². The molecule has 1 aliphatic heterocycles. The van der Waals surface area contributed by atoms with Crippen molar-refractivity contribution in [2.75, 3.05) is 5.32 Å². The number of ketones is 1. The molecule has 0 radical (unpaired) electrons. The highest BCUT2D eigenvalue weighted by atomic mass is 35.5. The Hall–Kier alpha value is -2.50. The number of carbonyl (C=O) groups is 1. The van der Waals surface area contributed by atoms with Crippen molar-refractivity contribution in [3.05, 3.63) is 64.3 Å². The molecule has 0 bridgehead atoms. The van der Waals surface area contributed by atoms with Gasteiger partial charge in [0, 0.05) is 17.2 Å². The smallest absolute Gasteiger partial charge is 0.282 e. The molecule has 0 aromatic heterocycles. The Bertz CT molecular complexity index is 921. The van der Waals surface area contributed by atoms with Crippen LogP contribution < -0.4 is 10.1 Å². The standard InChI is InChI=1S/C19H16ClNO4/c1-10(2)24-19-13-6-4-3-5-12(13)17(23)16(20)18(19)21-14-8-7-11(22)9-15(14)25-19/h3-10,21-22H,1-2H3. The lowest BCUT2D eigenvalue weighted by Crippen LogP contribution is -2.49. The molecule has 25 heavy (non-hydrogen) atoms. The Morgan fingerprint density at radius 2 is 2.00 bits per heavy atom. The summed E-state index contributed by atoms with van der Waals surface area (Å²) in [5, 5.41) is 13.0. The highest BCUT2D eigenvalue weighted by Crippen LogP contribution is 2.50. The summed E-state index contributed by atoms with van der Waals surface area (Å²) < 4.78 is 12.4. The van der Waals surface area contributed by atoms with Crippen LogP contribution in [0.4, 0.5) is 5.69 Å². The largest absolute Gasteiger partial charge is 0.508 e. The van der Waals surface area contributed by atoms with Gasteiger partial charge in [-0.2, -0.15) is 0 Å². The zero-order valence-electron chi connectivity index (χ0n) is 13.7. The second-order valence-electron chi connectivity index (χ2n) is 6.25. The summed E-state index contributed by atoms with van der Waals surface area (Å²) in [6.07, 6.45) is -0.207. The molecule has 4 rings (SSSR count). The maximum atomic E-state index is 12.7. The monoisotopic (exact) mass is 357 g/mol. The van der Waals surface area contributed by atoms with E-state index in [9.17, 15) is 9.90 Å². The van der Waals surface area contributed by atoms with Crippen molar-refractivity contribution in [1.82, 2.24) is 0 Å². The van der Waals surface area contributed by atoms with Gasteiger partial charge in [-0.1, -0.05) is 35.9 Å². The maximum absolute atomic E-state index is 12.7. The van der Waals surface area contributed by atoms with E-state index in [4.69, 9.17) is 21.1 Å². The van der Waals surface area contributed by atoms with E-state index in [2.05, 4.69) is 5.32 Å². The lowest BCUT2D eigenvalue weighted by molar-refractivity contribution is -0.188. The summed E-state index contributed by atoms with van der Waals surface area (Å²) in [7, 11) is 0. The van der Waals surface area contributed by atoms with Crippen molar-refractivity contribution in [1.29, 1.82) is 0 Å². The number of nitrogens with one attached hydrogen (secondary N) is 1. The summed E-state index contributed by atoms with van der Waals surface area (Å²) in [5.41, 5.74) is 1.96. The quantitative estimate of drug-likeness (QED) is 0.791. The molecule has 5 nitrogen and oxygen atoms in total. The van der Waals surface area contributed by atoms with E-state index in [-0.39, 0.29) is 22.7 Å². The molecule has 1 atom stereocenters. The third-order valence-electron chi connectivity index (χ3n) is 4.15. The van der Waals surface area contributed by atoms with Crippen LogP contribution in [0.5, 0.6) is 11.5 Å². The van der Waals surface area contributed by atoms with Crippen molar-refractivity contribution in [2.24, 2.45) is 0 Å². The number of phenolic OH excluding ortho intramolecular Hbond substituents is 1. The number of ether oxygens (including phenoxy) is 2. The first-order chi connectivity index (χ1) is 11.9. The van der Waals surface area contributed by atoms with E-state index >= 15 is 0 Å². The van der Waals surface area contributed by atoms with E-state index < -0.39 is 5.79 Å². The van der Waals surface area contributed by atoms with E-state index in [0.717, 1.165) is 0 Å². The number of Topliss-reactive ketones (excluding diaryl/α,β-unsaturated/α-hetero) is 1. The second-order valence-corrected chi connectivity index (χ2v) is 6.63. The number of hydrogen-bond acceptors (Lipinski definition) is 5. The fraction of sp³-hybridized carbons (Fsp3) is 0.211. The summed E-state index contributed by atoms with van der Waals surface area (Å²) >= 11 is 6.40. The highest BCUT2D eigenvalue weighted by molar-refractivity contribution is 6.46. The van der Waals surface area contributed by atoms with Crippen molar-refractivity contribution in [3.8, 4) is 11.5 Å². The Balaban J connectivity index is 2.01. The van der Waals surface area contributed by atoms with Crippen LogP contribution in [0.3, 0.4) is 0 Å². The molecule has 0 spiro atoms. The lowest BCUT2D eigenvalue weighted by atomic mass is 9.87. The van der Waals surface area contributed by atoms with Crippen molar-refractivity contribution in [2.45, 2.75) is 25.7 Å². The van der Waals surface area contributed by atoms with Crippen LogP contribution in [0.1, 0.15) is 29.8 Å². The number of rotatable bonds is 2. The molecule has 2 N–H and O–H groups in total.